The zero-order valence-corrected chi connectivity index (χ0v) is 10.4. The van der Waals surface area contributed by atoms with E-state index in [0.29, 0.717) is 6.04 Å². The molecule has 1 aromatic heterocycles. The van der Waals surface area contributed by atoms with Gasteiger partial charge in [-0.25, -0.2) is 0 Å². The molecule has 96 valence electrons. The maximum absolute atomic E-state index is 5.87. The molecule has 18 heavy (non-hydrogen) atoms. The molecule has 1 aromatic carbocycles. The predicted octanol–water partition coefficient (Wildman–Crippen LogP) is 1.58. The SMILES string of the molecule is NC1CCN(CCOc2ccc3cc[nH]c3c2)C1. The first-order valence-corrected chi connectivity index (χ1v) is 6.49. The van der Waals surface area contributed by atoms with Gasteiger partial charge >= 0.3 is 0 Å². The Morgan fingerprint density at radius 1 is 1.39 bits per heavy atom. The number of rotatable bonds is 4. The van der Waals surface area contributed by atoms with Crippen LogP contribution in [0.1, 0.15) is 6.42 Å². The number of ether oxygens (including phenoxy) is 1. The maximum Gasteiger partial charge on any atom is 0.121 e. The van der Waals surface area contributed by atoms with E-state index in [1.807, 2.05) is 18.3 Å². The van der Waals surface area contributed by atoms with E-state index in [4.69, 9.17) is 10.5 Å². The summed E-state index contributed by atoms with van der Waals surface area (Å²) in [4.78, 5) is 5.55. The number of nitrogens with one attached hydrogen (secondary N) is 1. The Bertz CT molecular complexity index is 522. The van der Waals surface area contributed by atoms with Crippen LogP contribution in [0.25, 0.3) is 10.9 Å². The van der Waals surface area contributed by atoms with Crippen molar-refractivity contribution in [1.82, 2.24) is 9.88 Å². The Kier molecular flexibility index (Phi) is 3.21. The van der Waals surface area contributed by atoms with E-state index in [9.17, 15) is 0 Å². The zero-order chi connectivity index (χ0) is 12.4. The smallest absolute Gasteiger partial charge is 0.121 e. The van der Waals surface area contributed by atoms with Crippen LogP contribution in [0.2, 0.25) is 0 Å². The maximum atomic E-state index is 5.87. The molecule has 0 bridgehead atoms. The van der Waals surface area contributed by atoms with Crippen LogP contribution in [0.15, 0.2) is 30.5 Å². The Hall–Kier alpha value is -1.52. The lowest BCUT2D eigenvalue weighted by molar-refractivity contribution is 0.236. The molecule has 0 amide bonds. The summed E-state index contributed by atoms with van der Waals surface area (Å²) in [6, 6.07) is 8.55. The highest BCUT2D eigenvalue weighted by molar-refractivity contribution is 5.80. The van der Waals surface area contributed by atoms with Gasteiger partial charge < -0.3 is 15.5 Å². The summed E-state index contributed by atoms with van der Waals surface area (Å²) in [6.45, 7) is 3.77. The first-order valence-electron chi connectivity index (χ1n) is 6.49. The topological polar surface area (TPSA) is 54.3 Å². The molecule has 1 saturated heterocycles. The van der Waals surface area contributed by atoms with Crippen molar-refractivity contribution in [2.75, 3.05) is 26.2 Å². The first-order chi connectivity index (χ1) is 8.81. The number of nitrogens with two attached hydrogens (primary N) is 1. The molecule has 1 unspecified atom stereocenters. The lowest BCUT2D eigenvalue weighted by Gasteiger charge is -2.15. The molecule has 0 aliphatic carbocycles. The number of nitrogens with zero attached hydrogens (tertiary/aromatic N) is 1. The first kappa shape index (κ1) is 11.6. The summed E-state index contributed by atoms with van der Waals surface area (Å²) in [7, 11) is 0. The molecule has 0 saturated carbocycles. The normalized spacial score (nSPS) is 20.6. The summed E-state index contributed by atoms with van der Waals surface area (Å²) < 4.78 is 5.78. The van der Waals surface area contributed by atoms with Crippen LogP contribution >= 0.6 is 0 Å². The minimum Gasteiger partial charge on any atom is -0.492 e. The number of hydrogen-bond acceptors (Lipinski definition) is 3. The van der Waals surface area contributed by atoms with Crippen LogP contribution in [0.3, 0.4) is 0 Å². The zero-order valence-electron chi connectivity index (χ0n) is 10.4. The van der Waals surface area contributed by atoms with Crippen LogP contribution < -0.4 is 10.5 Å². The molecular weight excluding hydrogens is 226 g/mol. The number of likely N-dealkylation sites (tertiary alicyclic amines) is 1. The fourth-order valence-electron chi connectivity index (χ4n) is 2.48. The van der Waals surface area contributed by atoms with Gasteiger partial charge in [-0.15, -0.1) is 0 Å². The van der Waals surface area contributed by atoms with Crippen molar-refractivity contribution in [2.24, 2.45) is 5.73 Å². The Balaban J connectivity index is 1.53. The quantitative estimate of drug-likeness (QED) is 0.860. The van der Waals surface area contributed by atoms with Gasteiger partial charge in [-0.05, 0) is 36.6 Å². The lowest BCUT2D eigenvalue weighted by atomic mass is 10.2. The van der Waals surface area contributed by atoms with Crippen molar-refractivity contribution < 1.29 is 4.74 Å². The monoisotopic (exact) mass is 245 g/mol. The Morgan fingerprint density at radius 3 is 3.17 bits per heavy atom. The van der Waals surface area contributed by atoms with E-state index in [2.05, 4.69) is 22.0 Å². The molecule has 1 aliphatic heterocycles. The predicted molar refractivity (Wildman–Crippen MR) is 72.8 cm³/mol. The third-order valence-corrected chi connectivity index (χ3v) is 3.51. The second kappa shape index (κ2) is 5.00. The molecule has 3 N–H and O–H groups in total. The van der Waals surface area contributed by atoms with Gasteiger partial charge in [-0.3, -0.25) is 4.90 Å². The van der Waals surface area contributed by atoms with Gasteiger partial charge in [0.2, 0.25) is 0 Å². The molecule has 0 spiro atoms. The second-order valence-corrected chi connectivity index (χ2v) is 4.92. The summed E-state index contributed by atoms with van der Waals surface area (Å²) in [6.07, 6.45) is 3.05. The fourth-order valence-corrected chi connectivity index (χ4v) is 2.48. The lowest BCUT2D eigenvalue weighted by Crippen LogP contribution is -2.29. The summed E-state index contributed by atoms with van der Waals surface area (Å²) in [5.74, 6) is 0.924. The van der Waals surface area contributed by atoms with Gasteiger partial charge in [0.05, 0.1) is 0 Å². The van der Waals surface area contributed by atoms with Gasteiger partial charge in [0.1, 0.15) is 12.4 Å². The van der Waals surface area contributed by atoms with E-state index < -0.39 is 0 Å². The molecule has 1 atom stereocenters. The number of aromatic amines is 1. The average molecular weight is 245 g/mol. The van der Waals surface area contributed by atoms with Gasteiger partial charge in [0.25, 0.3) is 0 Å². The average Bonchev–Trinajstić information content (AvgIpc) is 2.97. The van der Waals surface area contributed by atoms with Crippen LogP contribution in [0.5, 0.6) is 5.75 Å². The molecule has 4 nitrogen and oxygen atoms in total. The van der Waals surface area contributed by atoms with Crippen molar-refractivity contribution in [3.05, 3.63) is 30.5 Å². The van der Waals surface area contributed by atoms with Crippen LogP contribution in [-0.2, 0) is 0 Å². The van der Waals surface area contributed by atoms with Gasteiger partial charge in [0.15, 0.2) is 0 Å². The van der Waals surface area contributed by atoms with Gasteiger partial charge in [-0.1, -0.05) is 0 Å². The van der Waals surface area contributed by atoms with Crippen LogP contribution in [-0.4, -0.2) is 42.2 Å². The molecule has 2 aromatic rings. The standard InChI is InChI=1S/C14H19N3O/c15-12-4-6-17(10-12)7-8-18-13-2-1-11-3-5-16-14(11)9-13/h1-3,5,9,12,16H,4,6-8,10,15H2. The van der Waals surface area contributed by atoms with E-state index >= 15 is 0 Å². The van der Waals surface area contributed by atoms with Crippen molar-refractivity contribution in [1.29, 1.82) is 0 Å². The van der Waals surface area contributed by atoms with Crippen molar-refractivity contribution >= 4 is 10.9 Å². The Labute approximate surface area is 107 Å². The number of hydrogen-bond donors (Lipinski definition) is 2. The Morgan fingerprint density at radius 2 is 2.33 bits per heavy atom. The van der Waals surface area contributed by atoms with Crippen molar-refractivity contribution in [3.8, 4) is 5.75 Å². The molecule has 3 rings (SSSR count). The minimum atomic E-state index is 0.347. The number of benzene rings is 1. The molecular formula is C14H19N3O. The summed E-state index contributed by atoms with van der Waals surface area (Å²) in [5, 5.41) is 1.22. The number of aromatic nitrogens is 1. The van der Waals surface area contributed by atoms with E-state index in [-0.39, 0.29) is 0 Å². The summed E-state index contributed by atoms with van der Waals surface area (Å²) in [5.41, 5.74) is 6.99. The summed E-state index contributed by atoms with van der Waals surface area (Å²) >= 11 is 0. The molecule has 2 heterocycles. The largest absolute Gasteiger partial charge is 0.492 e. The number of H-pyrrole nitrogens is 1. The minimum absolute atomic E-state index is 0.347. The van der Waals surface area contributed by atoms with E-state index in [1.165, 1.54) is 5.39 Å². The van der Waals surface area contributed by atoms with Crippen molar-refractivity contribution in [2.45, 2.75) is 12.5 Å². The third-order valence-electron chi connectivity index (χ3n) is 3.51. The highest BCUT2D eigenvalue weighted by Gasteiger charge is 2.18. The van der Waals surface area contributed by atoms with Gasteiger partial charge in [0, 0.05) is 36.9 Å². The molecule has 1 fully saturated rings. The highest BCUT2D eigenvalue weighted by atomic mass is 16.5. The molecule has 1 aliphatic rings. The molecule has 4 heteroatoms. The second-order valence-electron chi connectivity index (χ2n) is 4.92. The fraction of sp³-hybridized carbons (Fsp3) is 0.429. The van der Waals surface area contributed by atoms with E-state index in [0.717, 1.165) is 43.9 Å². The highest BCUT2D eigenvalue weighted by Crippen LogP contribution is 2.19. The van der Waals surface area contributed by atoms with E-state index in [1.54, 1.807) is 0 Å². The van der Waals surface area contributed by atoms with Crippen LogP contribution in [0.4, 0.5) is 0 Å². The van der Waals surface area contributed by atoms with Gasteiger partial charge in [-0.2, -0.15) is 0 Å². The third kappa shape index (κ3) is 2.49. The molecule has 0 radical (unpaired) electrons. The van der Waals surface area contributed by atoms with Crippen LogP contribution in [0, 0.1) is 0 Å². The number of fused-ring (bicyclic) bond motifs is 1. The van der Waals surface area contributed by atoms with Crippen molar-refractivity contribution in [3.63, 3.8) is 0 Å².